The fourth-order valence-electron chi connectivity index (χ4n) is 1.87. The number of nitrogens with one attached hydrogen (secondary N) is 1. The van der Waals surface area contributed by atoms with Gasteiger partial charge in [-0.2, -0.15) is 0 Å². The van der Waals surface area contributed by atoms with Crippen LogP contribution in [0.15, 0.2) is 23.1 Å². The molecule has 0 fully saturated rings. The molecule has 0 aromatic heterocycles. The van der Waals surface area contributed by atoms with Crippen molar-refractivity contribution in [3.8, 4) is 0 Å². The minimum Gasteiger partial charge on any atom is -0.326 e. The molecular weight excluding hydrogens is 260 g/mol. The smallest absolute Gasteiger partial charge is 0.240 e. The van der Waals surface area contributed by atoms with E-state index in [1.165, 1.54) is 0 Å². The summed E-state index contributed by atoms with van der Waals surface area (Å²) in [5, 5.41) is 0. The quantitative estimate of drug-likeness (QED) is 0.804. The number of hydrogen-bond acceptors (Lipinski definition) is 3. The van der Waals surface area contributed by atoms with Gasteiger partial charge in [-0.25, -0.2) is 13.1 Å². The summed E-state index contributed by atoms with van der Waals surface area (Å²) in [7, 11) is -3.42. The molecule has 108 valence electrons. The van der Waals surface area contributed by atoms with Crippen LogP contribution in [0, 0.1) is 5.92 Å². The second kappa shape index (κ2) is 7.03. The van der Waals surface area contributed by atoms with E-state index in [1.807, 2.05) is 13.0 Å². The van der Waals surface area contributed by atoms with Gasteiger partial charge in [0.05, 0.1) is 4.90 Å². The zero-order valence-electron chi connectivity index (χ0n) is 11.9. The van der Waals surface area contributed by atoms with Crippen molar-refractivity contribution in [1.29, 1.82) is 0 Å². The van der Waals surface area contributed by atoms with Gasteiger partial charge in [-0.1, -0.05) is 26.8 Å². The van der Waals surface area contributed by atoms with Crippen molar-refractivity contribution in [2.24, 2.45) is 11.7 Å². The van der Waals surface area contributed by atoms with Gasteiger partial charge < -0.3 is 5.73 Å². The van der Waals surface area contributed by atoms with Crippen LogP contribution in [-0.4, -0.2) is 15.0 Å². The summed E-state index contributed by atoms with van der Waals surface area (Å²) < 4.78 is 26.9. The van der Waals surface area contributed by atoms with Crippen molar-refractivity contribution in [1.82, 2.24) is 4.72 Å². The average Bonchev–Trinajstić information content (AvgIpc) is 2.37. The lowest BCUT2D eigenvalue weighted by Crippen LogP contribution is -2.26. The van der Waals surface area contributed by atoms with Crippen LogP contribution in [-0.2, 0) is 23.0 Å². The van der Waals surface area contributed by atoms with Gasteiger partial charge >= 0.3 is 0 Å². The van der Waals surface area contributed by atoms with Crippen LogP contribution in [0.4, 0.5) is 0 Å². The third-order valence-electron chi connectivity index (χ3n) is 3.10. The molecule has 0 aliphatic heterocycles. The van der Waals surface area contributed by atoms with Crippen LogP contribution in [0.3, 0.4) is 0 Å². The third kappa shape index (κ3) is 4.60. The zero-order valence-corrected chi connectivity index (χ0v) is 12.8. The summed E-state index contributed by atoms with van der Waals surface area (Å²) in [4.78, 5) is 0.300. The van der Waals surface area contributed by atoms with Crippen LogP contribution < -0.4 is 10.5 Å². The first-order valence-corrected chi connectivity index (χ1v) is 8.20. The van der Waals surface area contributed by atoms with Gasteiger partial charge in [-0.3, -0.25) is 0 Å². The maximum Gasteiger partial charge on any atom is 0.240 e. The van der Waals surface area contributed by atoms with E-state index in [0.29, 0.717) is 23.9 Å². The average molecular weight is 284 g/mol. The second-order valence-electron chi connectivity index (χ2n) is 5.07. The van der Waals surface area contributed by atoms with E-state index in [-0.39, 0.29) is 0 Å². The molecule has 1 aromatic rings. The van der Waals surface area contributed by atoms with Crippen LogP contribution in [0.25, 0.3) is 0 Å². The topological polar surface area (TPSA) is 72.2 Å². The molecule has 0 heterocycles. The maximum absolute atomic E-state index is 12.1. The Balaban J connectivity index is 2.89. The lowest BCUT2D eigenvalue weighted by Gasteiger charge is -2.11. The Kier molecular flexibility index (Phi) is 5.97. The Morgan fingerprint density at radius 3 is 2.47 bits per heavy atom. The van der Waals surface area contributed by atoms with E-state index >= 15 is 0 Å². The van der Waals surface area contributed by atoms with Crippen LogP contribution >= 0.6 is 0 Å². The monoisotopic (exact) mass is 284 g/mol. The lowest BCUT2D eigenvalue weighted by molar-refractivity contribution is 0.551. The number of benzene rings is 1. The molecule has 0 atom stereocenters. The standard InChI is InChI=1S/C14H24N2O2S/c1-4-12-5-6-14(9-13(12)10-15)19(17,18)16-8-7-11(2)3/h5-6,9,11,16H,4,7-8,10,15H2,1-3H3. The van der Waals surface area contributed by atoms with E-state index < -0.39 is 10.0 Å². The highest BCUT2D eigenvalue weighted by atomic mass is 32.2. The van der Waals surface area contributed by atoms with Crippen molar-refractivity contribution in [3.63, 3.8) is 0 Å². The van der Waals surface area contributed by atoms with Crippen molar-refractivity contribution < 1.29 is 8.42 Å². The lowest BCUT2D eigenvalue weighted by atomic mass is 10.1. The molecule has 1 aromatic carbocycles. The largest absolute Gasteiger partial charge is 0.326 e. The van der Waals surface area contributed by atoms with Crippen molar-refractivity contribution in [2.45, 2.75) is 45.1 Å². The Hall–Kier alpha value is -0.910. The first kappa shape index (κ1) is 16.1. The molecule has 0 aliphatic carbocycles. The highest BCUT2D eigenvalue weighted by Gasteiger charge is 2.15. The molecule has 4 nitrogen and oxygen atoms in total. The number of sulfonamides is 1. The van der Waals surface area contributed by atoms with Gasteiger partial charge in [0.1, 0.15) is 0 Å². The molecule has 0 saturated heterocycles. The van der Waals surface area contributed by atoms with Crippen molar-refractivity contribution >= 4 is 10.0 Å². The highest BCUT2D eigenvalue weighted by Crippen LogP contribution is 2.16. The Morgan fingerprint density at radius 1 is 1.26 bits per heavy atom. The van der Waals surface area contributed by atoms with Crippen molar-refractivity contribution in [3.05, 3.63) is 29.3 Å². The molecule has 0 amide bonds. The van der Waals surface area contributed by atoms with Gasteiger partial charge in [-0.05, 0) is 42.0 Å². The summed E-state index contributed by atoms with van der Waals surface area (Å²) in [5.74, 6) is 0.477. The second-order valence-corrected chi connectivity index (χ2v) is 6.84. The van der Waals surface area contributed by atoms with E-state index in [9.17, 15) is 8.42 Å². The predicted molar refractivity (Wildman–Crippen MR) is 78.4 cm³/mol. The van der Waals surface area contributed by atoms with Gasteiger partial charge in [0.15, 0.2) is 0 Å². The molecule has 19 heavy (non-hydrogen) atoms. The van der Waals surface area contributed by atoms with Crippen molar-refractivity contribution in [2.75, 3.05) is 6.54 Å². The van der Waals surface area contributed by atoms with Crippen LogP contribution in [0.5, 0.6) is 0 Å². The molecule has 0 radical (unpaired) electrons. The van der Waals surface area contributed by atoms with Gasteiger partial charge in [0.2, 0.25) is 10.0 Å². The Morgan fingerprint density at radius 2 is 1.95 bits per heavy atom. The fourth-order valence-corrected chi connectivity index (χ4v) is 2.97. The van der Waals surface area contributed by atoms with Crippen LogP contribution in [0.2, 0.25) is 0 Å². The third-order valence-corrected chi connectivity index (χ3v) is 4.56. The summed E-state index contributed by atoms with van der Waals surface area (Å²) >= 11 is 0. The number of aryl methyl sites for hydroxylation is 1. The SMILES string of the molecule is CCc1ccc(S(=O)(=O)NCCC(C)C)cc1CN. The Labute approximate surface area is 116 Å². The number of rotatable bonds is 7. The highest BCUT2D eigenvalue weighted by molar-refractivity contribution is 7.89. The number of hydrogen-bond donors (Lipinski definition) is 2. The molecule has 5 heteroatoms. The van der Waals surface area contributed by atoms with E-state index in [0.717, 1.165) is 24.0 Å². The predicted octanol–water partition coefficient (Wildman–Crippen LogP) is 2.03. The van der Waals surface area contributed by atoms with Gasteiger partial charge in [-0.15, -0.1) is 0 Å². The summed E-state index contributed by atoms with van der Waals surface area (Å²) in [6.07, 6.45) is 1.68. The Bertz CT molecular complexity index is 510. The summed E-state index contributed by atoms with van der Waals surface area (Å²) in [5.41, 5.74) is 7.66. The molecule has 0 unspecified atom stereocenters. The van der Waals surface area contributed by atoms with Gasteiger partial charge in [0, 0.05) is 13.1 Å². The molecule has 0 spiro atoms. The normalized spacial score (nSPS) is 12.1. The minimum absolute atomic E-state index is 0.300. The maximum atomic E-state index is 12.1. The molecular formula is C14H24N2O2S. The molecule has 0 aliphatic rings. The first-order chi connectivity index (χ1) is 8.90. The van der Waals surface area contributed by atoms with Gasteiger partial charge in [0.25, 0.3) is 0 Å². The summed E-state index contributed by atoms with van der Waals surface area (Å²) in [6.45, 7) is 6.99. The van der Waals surface area contributed by atoms with E-state index in [1.54, 1.807) is 12.1 Å². The summed E-state index contributed by atoms with van der Waals surface area (Å²) in [6, 6.07) is 5.17. The zero-order chi connectivity index (χ0) is 14.5. The minimum atomic E-state index is -3.42. The molecule has 1 rings (SSSR count). The molecule has 3 N–H and O–H groups in total. The molecule has 0 saturated carbocycles. The fraction of sp³-hybridized carbons (Fsp3) is 0.571. The number of nitrogens with two attached hydrogens (primary N) is 1. The molecule has 0 bridgehead atoms. The van der Waals surface area contributed by atoms with E-state index in [2.05, 4.69) is 18.6 Å². The first-order valence-electron chi connectivity index (χ1n) is 6.72. The van der Waals surface area contributed by atoms with Crippen LogP contribution in [0.1, 0.15) is 38.3 Å². The van der Waals surface area contributed by atoms with E-state index in [4.69, 9.17) is 5.73 Å².